The van der Waals surface area contributed by atoms with E-state index in [2.05, 4.69) is 25.6 Å². The quantitative estimate of drug-likeness (QED) is 0.464. The van der Waals surface area contributed by atoms with Gasteiger partial charge in [0.25, 0.3) is 5.78 Å². The van der Waals surface area contributed by atoms with Crippen LogP contribution in [0.4, 0.5) is 0 Å². The fourth-order valence-electron chi connectivity index (χ4n) is 0.484. The number of rotatable bonds is 0. The van der Waals surface area contributed by atoms with Crippen LogP contribution in [0.25, 0.3) is 5.78 Å². The van der Waals surface area contributed by atoms with Gasteiger partial charge in [0.05, 0.1) is 0 Å². The molecule has 6 nitrogen and oxygen atoms in total. The van der Waals surface area contributed by atoms with Crippen LogP contribution in [0.15, 0.2) is 6.33 Å². The van der Waals surface area contributed by atoms with Gasteiger partial charge in [0.15, 0.2) is 0 Å². The maximum Gasteiger partial charge on any atom is 0.290 e. The maximum atomic E-state index is 3.73. The number of aromatic nitrogens is 6. The van der Waals surface area contributed by atoms with Crippen molar-refractivity contribution in [1.82, 2.24) is 30.2 Å². The first-order chi connectivity index (χ1) is 3.97. The number of nitrogens with one attached hydrogen (secondary N) is 1. The van der Waals surface area contributed by atoms with Crippen molar-refractivity contribution in [3.63, 3.8) is 0 Å². The van der Waals surface area contributed by atoms with E-state index < -0.39 is 0 Å². The Morgan fingerprint density at radius 1 is 1.62 bits per heavy atom. The van der Waals surface area contributed by atoms with Crippen LogP contribution in [0.3, 0.4) is 0 Å². The predicted octanol–water partition coefficient (Wildman–Crippen LogP) is -1.15. The predicted molar refractivity (Wildman–Crippen MR) is 22.9 cm³/mol. The largest absolute Gasteiger partial charge is 0.290 e. The molecule has 1 N–H and O–H groups in total. The summed E-state index contributed by atoms with van der Waals surface area (Å²) in [4.78, 5) is 3.73. The molecule has 0 aliphatic carbocycles. The fraction of sp³-hybridized carbons (Fsp3) is 0. The normalized spacial score (nSPS) is 10.5. The molecule has 2 aromatic heterocycles. The Bertz CT molecular complexity index is 228. The SMILES string of the molecule is c1nc2nn[nH]n2n1. The highest BCUT2D eigenvalue weighted by Gasteiger charge is 1.92. The Morgan fingerprint density at radius 2 is 2.62 bits per heavy atom. The van der Waals surface area contributed by atoms with Crippen LogP contribution < -0.4 is 0 Å². The van der Waals surface area contributed by atoms with Crippen LogP contribution in [0, 0.1) is 0 Å². The molecule has 0 atom stereocenters. The van der Waals surface area contributed by atoms with E-state index in [-0.39, 0.29) is 0 Å². The summed E-state index contributed by atoms with van der Waals surface area (Å²) in [6.07, 6.45) is 1.40. The van der Waals surface area contributed by atoms with Crippen molar-refractivity contribution in [2.24, 2.45) is 0 Å². The molecule has 2 heterocycles. The average molecular weight is 110 g/mol. The highest BCUT2D eigenvalue weighted by Crippen LogP contribution is 1.81. The standard InChI is InChI=1S/C2H2N6/c1-3-2-5-6-7-8(2)4-1/h1H,(H,3,4,5,7). The van der Waals surface area contributed by atoms with E-state index in [1.165, 1.54) is 11.0 Å². The molecule has 0 aliphatic heterocycles. The smallest absolute Gasteiger partial charge is 0.195 e. The van der Waals surface area contributed by atoms with Crippen LogP contribution in [0.1, 0.15) is 0 Å². The number of H-pyrrole nitrogens is 1. The van der Waals surface area contributed by atoms with Crippen molar-refractivity contribution < 1.29 is 0 Å². The summed E-state index contributed by atoms with van der Waals surface area (Å²) >= 11 is 0. The molecule has 0 saturated carbocycles. The summed E-state index contributed by atoms with van der Waals surface area (Å²) in [5.74, 6) is 0.491. The molecule has 0 saturated heterocycles. The number of hydrogen-bond acceptors (Lipinski definition) is 4. The highest BCUT2D eigenvalue weighted by atomic mass is 15.6. The molecule has 0 unspecified atom stereocenters. The Hall–Kier alpha value is -1.46. The highest BCUT2D eigenvalue weighted by molar-refractivity contribution is 5.17. The molecule has 0 fully saturated rings. The van der Waals surface area contributed by atoms with Gasteiger partial charge >= 0.3 is 0 Å². The number of tetrazole rings is 1. The molecular weight excluding hydrogens is 108 g/mol. The fourth-order valence-corrected chi connectivity index (χ4v) is 0.484. The topological polar surface area (TPSA) is 71.8 Å². The van der Waals surface area contributed by atoms with Gasteiger partial charge < -0.3 is 0 Å². The van der Waals surface area contributed by atoms with E-state index in [0.29, 0.717) is 5.78 Å². The van der Waals surface area contributed by atoms with Crippen molar-refractivity contribution in [3.8, 4) is 0 Å². The van der Waals surface area contributed by atoms with E-state index >= 15 is 0 Å². The van der Waals surface area contributed by atoms with Crippen molar-refractivity contribution in [1.29, 1.82) is 0 Å². The van der Waals surface area contributed by atoms with Gasteiger partial charge in [0.1, 0.15) is 6.33 Å². The first-order valence-corrected chi connectivity index (χ1v) is 2.03. The van der Waals surface area contributed by atoms with Gasteiger partial charge in [-0.25, -0.2) is 0 Å². The lowest BCUT2D eigenvalue weighted by atomic mass is 11.2. The Labute approximate surface area is 43.5 Å². The molecule has 0 aliphatic rings. The summed E-state index contributed by atoms with van der Waals surface area (Å²) in [5.41, 5.74) is 0. The molecule has 0 spiro atoms. The summed E-state index contributed by atoms with van der Waals surface area (Å²) in [6, 6.07) is 0. The van der Waals surface area contributed by atoms with Crippen LogP contribution in [-0.4, -0.2) is 30.2 Å². The van der Waals surface area contributed by atoms with E-state index in [1.54, 1.807) is 0 Å². The van der Waals surface area contributed by atoms with Crippen LogP contribution in [0.5, 0.6) is 0 Å². The number of aromatic amines is 1. The monoisotopic (exact) mass is 110 g/mol. The van der Waals surface area contributed by atoms with Crippen molar-refractivity contribution in [3.05, 3.63) is 6.33 Å². The zero-order valence-electron chi connectivity index (χ0n) is 3.81. The summed E-state index contributed by atoms with van der Waals surface area (Å²) in [7, 11) is 0. The lowest BCUT2D eigenvalue weighted by Crippen LogP contribution is -1.83. The van der Waals surface area contributed by atoms with Crippen LogP contribution >= 0.6 is 0 Å². The van der Waals surface area contributed by atoms with Crippen LogP contribution in [0.2, 0.25) is 0 Å². The van der Waals surface area contributed by atoms with E-state index in [4.69, 9.17) is 0 Å². The van der Waals surface area contributed by atoms with E-state index in [9.17, 15) is 0 Å². The zero-order valence-corrected chi connectivity index (χ0v) is 3.81. The molecule has 0 bridgehead atoms. The second-order valence-electron chi connectivity index (χ2n) is 1.27. The summed E-state index contributed by atoms with van der Waals surface area (Å²) in [6.45, 7) is 0. The third-order valence-corrected chi connectivity index (χ3v) is 0.809. The minimum Gasteiger partial charge on any atom is -0.195 e. The van der Waals surface area contributed by atoms with Gasteiger partial charge in [0, 0.05) is 0 Å². The first kappa shape index (κ1) is 3.53. The van der Waals surface area contributed by atoms with Gasteiger partial charge in [-0.05, 0) is 5.21 Å². The van der Waals surface area contributed by atoms with Crippen LogP contribution in [-0.2, 0) is 0 Å². The molecular formula is C2H2N6. The van der Waals surface area contributed by atoms with Gasteiger partial charge in [-0.1, -0.05) is 5.10 Å². The molecule has 8 heavy (non-hydrogen) atoms. The van der Waals surface area contributed by atoms with Gasteiger partial charge in [-0.2, -0.15) is 10.2 Å². The average Bonchev–Trinajstić information content (AvgIpc) is 2.15. The Morgan fingerprint density at radius 3 is 3.50 bits per heavy atom. The maximum absolute atomic E-state index is 3.73. The number of hydrogen-bond donors (Lipinski definition) is 1. The molecule has 0 aromatic carbocycles. The minimum atomic E-state index is 0.491. The molecule has 2 aromatic rings. The molecule has 0 amide bonds. The van der Waals surface area contributed by atoms with Gasteiger partial charge in [-0.15, -0.1) is 9.73 Å². The van der Waals surface area contributed by atoms with Crippen molar-refractivity contribution in [2.45, 2.75) is 0 Å². The Balaban J connectivity index is 3.06. The Kier molecular flexibility index (Phi) is 0.454. The second-order valence-corrected chi connectivity index (χ2v) is 1.27. The van der Waals surface area contributed by atoms with Gasteiger partial charge in [-0.3, -0.25) is 0 Å². The summed E-state index contributed by atoms with van der Waals surface area (Å²) < 4.78 is 1.38. The number of fused-ring (bicyclic) bond motifs is 1. The minimum absolute atomic E-state index is 0.491. The lowest BCUT2D eigenvalue weighted by Gasteiger charge is -1.67. The van der Waals surface area contributed by atoms with Crippen molar-refractivity contribution >= 4 is 5.78 Å². The molecule has 0 radical (unpaired) electrons. The molecule has 6 heteroatoms. The molecule has 2 rings (SSSR count). The van der Waals surface area contributed by atoms with Gasteiger partial charge in [0.2, 0.25) is 0 Å². The molecule has 40 valence electrons. The zero-order chi connectivity index (χ0) is 5.40. The second kappa shape index (κ2) is 1.03. The summed E-state index contributed by atoms with van der Waals surface area (Å²) in [5, 5.41) is 13.2. The lowest BCUT2D eigenvalue weighted by molar-refractivity contribution is 0.742. The van der Waals surface area contributed by atoms with E-state index in [1.807, 2.05) is 0 Å². The first-order valence-electron chi connectivity index (χ1n) is 2.03. The third kappa shape index (κ3) is 0.269. The van der Waals surface area contributed by atoms with Crippen molar-refractivity contribution in [2.75, 3.05) is 0 Å². The van der Waals surface area contributed by atoms with E-state index in [0.717, 1.165) is 0 Å². The third-order valence-electron chi connectivity index (χ3n) is 0.809. The number of nitrogens with zero attached hydrogens (tertiary/aromatic N) is 5.